The number of carbonyl (C=O) groups excluding carboxylic acids is 1. The lowest BCUT2D eigenvalue weighted by molar-refractivity contribution is -0.161. The third kappa shape index (κ3) is 3.45. The lowest BCUT2D eigenvalue weighted by Gasteiger charge is -2.41. The van der Waals surface area contributed by atoms with E-state index in [0.29, 0.717) is 19.4 Å². The molecule has 0 spiro atoms. The minimum atomic E-state index is -1.02. The number of carbonyl (C=O) groups is 2. The van der Waals surface area contributed by atoms with Gasteiger partial charge < -0.3 is 15.7 Å². The molecule has 1 aliphatic rings. The van der Waals surface area contributed by atoms with Gasteiger partial charge in [-0.25, -0.2) is 4.79 Å². The molecule has 1 rings (SSSR count). The van der Waals surface area contributed by atoms with Crippen molar-refractivity contribution in [2.24, 2.45) is 5.73 Å². The third-order valence-corrected chi connectivity index (χ3v) is 3.70. The van der Waals surface area contributed by atoms with Crippen LogP contribution in [0.2, 0.25) is 0 Å². The van der Waals surface area contributed by atoms with Gasteiger partial charge in [0.25, 0.3) is 0 Å². The standard InChI is InChI=1S/C13H24N2O3/c1-10(14)6-5-7-11(16)15-9-4-3-8-13(15,2)12(17)18/h10H,3-9,14H2,1-2H3,(H,17,18). The van der Waals surface area contributed by atoms with Gasteiger partial charge in [-0.15, -0.1) is 0 Å². The molecule has 1 fully saturated rings. The SMILES string of the molecule is CC(N)CCCC(=O)N1CCCCC1(C)C(=O)O. The quantitative estimate of drug-likeness (QED) is 0.778. The molecule has 1 amide bonds. The Bertz CT molecular complexity index is 317. The molecule has 5 heteroatoms. The first kappa shape index (κ1) is 15.0. The molecule has 2 unspecified atom stereocenters. The Kier molecular flexibility index (Phi) is 5.14. The van der Waals surface area contributed by atoms with Crippen LogP contribution in [0.3, 0.4) is 0 Å². The minimum absolute atomic E-state index is 0.0553. The number of hydrogen-bond acceptors (Lipinski definition) is 3. The number of carboxylic acid groups (broad SMARTS) is 1. The van der Waals surface area contributed by atoms with E-state index < -0.39 is 11.5 Å². The number of hydrogen-bond donors (Lipinski definition) is 2. The van der Waals surface area contributed by atoms with Gasteiger partial charge in [0.1, 0.15) is 5.54 Å². The van der Waals surface area contributed by atoms with Gasteiger partial charge in [-0.1, -0.05) is 0 Å². The Morgan fingerprint density at radius 3 is 2.67 bits per heavy atom. The van der Waals surface area contributed by atoms with Crippen LogP contribution in [0, 0.1) is 0 Å². The summed E-state index contributed by atoms with van der Waals surface area (Å²) in [7, 11) is 0. The molecule has 0 radical (unpaired) electrons. The van der Waals surface area contributed by atoms with E-state index in [0.717, 1.165) is 25.7 Å². The molecular formula is C13H24N2O3. The van der Waals surface area contributed by atoms with Gasteiger partial charge in [-0.05, 0) is 46.0 Å². The number of carboxylic acids is 1. The van der Waals surface area contributed by atoms with Crippen LogP contribution in [0.1, 0.15) is 52.4 Å². The summed E-state index contributed by atoms with van der Waals surface area (Å²) in [6.07, 6.45) is 4.21. The van der Waals surface area contributed by atoms with Crippen molar-refractivity contribution in [2.75, 3.05) is 6.54 Å². The number of nitrogens with two attached hydrogens (primary N) is 1. The molecule has 104 valence electrons. The monoisotopic (exact) mass is 256 g/mol. The molecule has 5 nitrogen and oxygen atoms in total. The maximum atomic E-state index is 12.1. The van der Waals surface area contributed by atoms with Gasteiger partial charge in [-0.3, -0.25) is 4.79 Å². The van der Waals surface area contributed by atoms with Crippen LogP contribution in [-0.2, 0) is 9.59 Å². The molecule has 0 aromatic heterocycles. The lowest BCUT2D eigenvalue weighted by atomic mass is 9.88. The maximum Gasteiger partial charge on any atom is 0.329 e. The number of likely N-dealkylation sites (tertiary alicyclic amines) is 1. The third-order valence-electron chi connectivity index (χ3n) is 3.70. The zero-order chi connectivity index (χ0) is 13.8. The van der Waals surface area contributed by atoms with Crippen molar-refractivity contribution in [3.63, 3.8) is 0 Å². The Morgan fingerprint density at radius 2 is 2.11 bits per heavy atom. The van der Waals surface area contributed by atoms with E-state index in [9.17, 15) is 14.7 Å². The summed E-state index contributed by atoms with van der Waals surface area (Å²) in [5.74, 6) is -0.956. The Morgan fingerprint density at radius 1 is 1.44 bits per heavy atom. The topological polar surface area (TPSA) is 83.6 Å². The normalized spacial score (nSPS) is 25.8. The van der Waals surface area contributed by atoms with Crippen LogP contribution in [0.4, 0.5) is 0 Å². The van der Waals surface area contributed by atoms with Crippen molar-refractivity contribution >= 4 is 11.9 Å². The predicted molar refractivity (Wildman–Crippen MR) is 69.1 cm³/mol. The molecule has 1 heterocycles. The Balaban J connectivity index is 2.61. The van der Waals surface area contributed by atoms with E-state index >= 15 is 0 Å². The van der Waals surface area contributed by atoms with Gasteiger partial charge in [-0.2, -0.15) is 0 Å². The van der Waals surface area contributed by atoms with E-state index in [1.165, 1.54) is 0 Å². The maximum absolute atomic E-state index is 12.1. The molecular weight excluding hydrogens is 232 g/mol. The summed E-state index contributed by atoms with van der Waals surface area (Å²) < 4.78 is 0. The average molecular weight is 256 g/mol. The van der Waals surface area contributed by atoms with Gasteiger partial charge in [0.05, 0.1) is 0 Å². The van der Waals surface area contributed by atoms with E-state index in [1.54, 1.807) is 11.8 Å². The molecule has 0 bridgehead atoms. The second kappa shape index (κ2) is 6.18. The largest absolute Gasteiger partial charge is 0.480 e. The fourth-order valence-electron chi connectivity index (χ4n) is 2.45. The highest BCUT2D eigenvalue weighted by molar-refractivity contribution is 5.87. The molecule has 3 N–H and O–H groups in total. The average Bonchev–Trinajstić information content (AvgIpc) is 2.28. The number of nitrogens with zero attached hydrogens (tertiary/aromatic N) is 1. The molecule has 0 aromatic rings. The fourth-order valence-corrected chi connectivity index (χ4v) is 2.45. The van der Waals surface area contributed by atoms with E-state index in [1.807, 2.05) is 6.92 Å². The van der Waals surface area contributed by atoms with Crippen LogP contribution in [0.5, 0.6) is 0 Å². The van der Waals surface area contributed by atoms with Crippen LogP contribution in [0.25, 0.3) is 0 Å². The zero-order valence-corrected chi connectivity index (χ0v) is 11.3. The summed E-state index contributed by atoms with van der Waals surface area (Å²) in [6.45, 7) is 4.12. The first-order valence-electron chi connectivity index (χ1n) is 6.67. The highest BCUT2D eigenvalue weighted by Crippen LogP contribution is 2.29. The predicted octanol–water partition coefficient (Wildman–Crippen LogP) is 1.36. The van der Waals surface area contributed by atoms with Crippen molar-refractivity contribution in [1.29, 1.82) is 0 Å². The van der Waals surface area contributed by atoms with Crippen molar-refractivity contribution < 1.29 is 14.7 Å². The number of aliphatic carboxylic acids is 1. The first-order valence-corrected chi connectivity index (χ1v) is 6.67. The van der Waals surface area contributed by atoms with Gasteiger partial charge in [0.15, 0.2) is 0 Å². The summed E-state index contributed by atoms with van der Waals surface area (Å²) in [4.78, 5) is 25.0. The van der Waals surface area contributed by atoms with Crippen molar-refractivity contribution in [3.8, 4) is 0 Å². The highest BCUT2D eigenvalue weighted by Gasteiger charge is 2.43. The highest BCUT2D eigenvalue weighted by atomic mass is 16.4. The fraction of sp³-hybridized carbons (Fsp3) is 0.846. The lowest BCUT2D eigenvalue weighted by Crippen LogP contribution is -2.57. The van der Waals surface area contributed by atoms with Crippen LogP contribution < -0.4 is 5.73 Å². The molecule has 0 aromatic carbocycles. The Hall–Kier alpha value is -1.10. The molecule has 0 aliphatic carbocycles. The second-order valence-electron chi connectivity index (χ2n) is 5.45. The second-order valence-corrected chi connectivity index (χ2v) is 5.45. The number of rotatable bonds is 5. The summed E-state index contributed by atoms with van der Waals surface area (Å²) >= 11 is 0. The van der Waals surface area contributed by atoms with Crippen LogP contribution >= 0.6 is 0 Å². The summed E-state index contributed by atoms with van der Waals surface area (Å²) in [5, 5.41) is 9.32. The van der Waals surface area contributed by atoms with E-state index in [-0.39, 0.29) is 11.9 Å². The summed E-state index contributed by atoms with van der Waals surface area (Å²) in [6, 6.07) is 0.0880. The summed E-state index contributed by atoms with van der Waals surface area (Å²) in [5.41, 5.74) is 4.62. The van der Waals surface area contributed by atoms with Crippen LogP contribution in [-0.4, -0.2) is 40.0 Å². The van der Waals surface area contributed by atoms with Crippen molar-refractivity contribution in [3.05, 3.63) is 0 Å². The molecule has 2 atom stereocenters. The molecule has 1 saturated heterocycles. The van der Waals surface area contributed by atoms with Crippen molar-refractivity contribution in [2.45, 2.75) is 64.0 Å². The van der Waals surface area contributed by atoms with Crippen molar-refractivity contribution in [1.82, 2.24) is 4.90 Å². The molecule has 1 aliphatic heterocycles. The number of amides is 1. The minimum Gasteiger partial charge on any atom is -0.480 e. The molecule has 18 heavy (non-hydrogen) atoms. The first-order chi connectivity index (χ1) is 8.38. The molecule has 0 saturated carbocycles. The van der Waals surface area contributed by atoms with E-state index in [4.69, 9.17) is 5.73 Å². The van der Waals surface area contributed by atoms with Gasteiger partial charge >= 0.3 is 5.97 Å². The number of piperidine rings is 1. The van der Waals surface area contributed by atoms with Gasteiger partial charge in [0.2, 0.25) is 5.91 Å². The Labute approximate surface area is 108 Å². The van der Waals surface area contributed by atoms with Gasteiger partial charge in [0, 0.05) is 19.0 Å². The smallest absolute Gasteiger partial charge is 0.329 e. The zero-order valence-electron chi connectivity index (χ0n) is 11.3. The van der Waals surface area contributed by atoms with E-state index in [2.05, 4.69) is 0 Å². The van der Waals surface area contributed by atoms with Crippen LogP contribution in [0.15, 0.2) is 0 Å².